The molecule has 0 radical (unpaired) electrons. The zero-order valence-electron chi connectivity index (χ0n) is 5.69. The summed E-state index contributed by atoms with van der Waals surface area (Å²) in [6.07, 6.45) is 0.345. The van der Waals surface area contributed by atoms with Gasteiger partial charge in [0.15, 0.2) is 0 Å². The molecule has 1 aromatic rings. The minimum absolute atomic E-state index is 0.103. The zero-order valence-corrected chi connectivity index (χ0v) is 5.69. The van der Waals surface area contributed by atoms with E-state index in [2.05, 4.69) is 15.4 Å². The van der Waals surface area contributed by atoms with E-state index in [-0.39, 0.29) is 6.42 Å². The van der Waals surface area contributed by atoms with E-state index in [1.54, 1.807) is 0 Å². The number of rotatable bonds is 3. The van der Waals surface area contributed by atoms with Crippen LogP contribution in [0.1, 0.15) is 5.69 Å². The molecule has 6 heteroatoms. The van der Waals surface area contributed by atoms with Crippen LogP contribution in [0.5, 0.6) is 0 Å². The molecule has 0 spiro atoms. The Morgan fingerprint density at radius 2 is 2.64 bits per heavy atom. The van der Waals surface area contributed by atoms with E-state index in [0.717, 1.165) is 0 Å². The van der Waals surface area contributed by atoms with Crippen molar-refractivity contribution in [1.29, 1.82) is 0 Å². The Kier molecular flexibility index (Phi) is 2.17. The van der Waals surface area contributed by atoms with E-state index in [4.69, 9.17) is 10.8 Å². The summed E-state index contributed by atoms with van der Waals surface area (Å²) >= 11 is 0. The van der Waals surface area contributed by atoms with Gasteiger partial charge in [-0.05, 0) is 0 Å². The number of hydrogen-bond acceptors (Lipinski definition) is 4. The summed E-state index contributed by atoms with van der Waals surface area (Å²) in [6, 6.07) is 0. The average Bonchev–Trinajstić information content (AvgIpc) is 2.39. The average molecular weight is 156 g/mol. The fourth-order valence-corrected chi connectivity index (χ4v) is 0.622. The number of nitrogens with two attached hydrogens (primary N) is 1. The minimum Gasteiger partial charge on any atom is -0.383 e. The number of aliphatic hydroxyl groups is 1. The quantitative estimate of drug-likeness (QED) is 0.479. The third-order valence-corrected chi connectivity index (χ3v) is 1.20. The molecule has 0 bridgehead atoms. The van der Waals surface area contributed by atoms with Gasteiger partial charge in [-0.25, -0.2) is 0 Å². The molecule has 0 aliphatic rings. The topological polar surface area (TPSA) is 105 Å². The molecule has 1 heterocycles. The van der Waals surface area contributed by atoms with Gasteiger partial charge in [-0.3, -0.25) is 4.79 Å². The number of aliphatic hydroxyl groups excluding tert-OH is 1. The Bertz CT molecular complexity index is 233. The normalized spacial score (nSPS) is 12.8. The number of hydrogen-bond donors (Lipinski definition) is 3. The number of nitrogens with one attached hydrogen (secondary N) is 1. The first-order chi connectivity index (χ1) is 5.20. The van der Waals surface area contributed by atoms with Crippen LogP contribution in [-0.4, -0.2) is 32.5 Å². The monoisotopic (exact) mass is 156 g/mol. The molecule has 0 aliphatic carbocycles. The second-order valence-corrected chi connectivity index (χ2v) is 2.08. The van der Waals surface area contributed by atoms with E-state index >= 15 is 0 Å². The molecule has 6 nitrogen and oxygen atoms in total. The van der Waals surface area contributed by atoms with Crippen LogP contribution in [0.4, 0.5) is 0 Å². The second kappa shape index (κ2) is 3.11. The van der Waals surface area contributed by atoms with Crippen LogP contribution in [0, 0.1) is 0 Å². The third-order valence-electron chi connectivity index (χ3n) is 1.20. The van der Waals surface area contributed by atoms with E-state index in [1.807, 2.05) is 0 Å². The fraction of sp³-hybridized carbons (Fsp3) is 0.400. The molecule has 1 amide bonds. The molecule has 60 valence electrons. The summed E-state index contributed by atoms with van der Waals surface area (Å²) in [4.78, 5) is 10.3. The van der Waals surface area contributed by atoms with Gasteiger partial charge in [0.1, 0.15) is 6.10 Å². The number of carbonyl (C=O) groups is 1. The predicted molar refractivity (Wildman–Crippen MR) is 35.3 cm³/mol. The highest BCUT2D eigenvalue weighted by molar-refractivity contribution is 5.78. The maximum atomic E-state index is 10.3. The van der Waals surface area contributed by atoms with Gasteiger partial charge in [-0.15, -0.1) is 0 Å². The van der Waals surface area contributed by atoms with Crippen LogP contribution in [0.2, 0.25) is 0 Å². The largest absolute Gasteiger partial charge is 0.383 e. The lowest BCUT2D eigenvalue weighted by Gasteiger charge is -2.00. The van der Waals surface area contributed by atoms with Gasteiger partial charge >= 0.3 is 0 Å². The van der Waals surface area contributed by atoms with Crippen LogP contribution in [0.25, 0.3) is 0 Å². The fourth-order valence-electron chi connectivity index (χ4n) is 0.622. The van der Waals surface area contributed by atoms with E-state index in [1.165, 1.54) is 6.20 Å². The summed E-state index contributed by atoms with van der Waals surface area (Å²) in [5.74, 6) is -0.756. The lowest BCUT2D eigenvalue weighted by Crippen LogP contribution is -2.30. The molecule has 1 unspecified atom stereocenters. The van der Waals surface area contributed by atoms with Crippen molar-refractivity contribution in [3.05, 3.63) is 11.9 Å². The highest BCUT2D eigenvalue weighted by Crippen LogP contribution is 1.95. The number of nitrogens with zero attached hydrogens (tertiary/aromatic N) is 2. The zero-order chi connectivity index (χ0) is 8.27. The molecule has 1 rings (SSSR count). The molecule has 11 heavy (non-hydrogen) atoms. The molecule has 1 aromatic heterocycles. The molecule has 0 saturated carbocycles. The third kappa shape index (κ3) is 2.01. The second-order valence-electron chi connectivity index (χ2n) is 2.08. The van der Waals surface area contributed by atoms with Crippen molar-refractivity contribution in [3.8, 4) is 0 Å². The number of H-pyrrole nitrogens is 1. The van der Waals surface area contributed by atoms with Gasteiger partial charge in [-0.1, -0.05) is 0 Å². The highest BCUT2D eigenvalue weighted by atomic mass is 16.3. The highest BCUT2D eigenvalue weighted by Gasteiger charge is 2.12. The molecule has 0 fully saturated rings. The number of aromatic nitrogens is 3. The summed E-state index contributed by atoms with van der Waals surface area (Å²) < 4.78 is 0. The predicted octanol–water partition coefficient (Wildman–Crippen LogP) is -1.81. The number of carbonyl (C=O) groups excluding carboxylic acids is 1. The molecule has 0 saturated heterocycles. The van der Waals surface area contributed by atoms with Gasteiger partial charge in [0.05, 0.1) is 11.9 Å². The van der Waals surface area contributed by atoms with Crippen molar-refractivity contribution in [3.63, 3.8) is 0 Å². The molecule has 0 aromatic carbocycles. The first-order valence-corrected chi connectivity index (χ1v) is 3.02. The summed E-state index contributed by atoms with van der Waals surface area (Å²) in [5, 5.41) is 18.4. The van der Waals surface area contributed by atoms with Gasteiger partial charge in [0, 0.05) is 6.42 Å². The SMILES string of the molecule is NC(=O)C(O)Cc1cn[nH]n1. The van der Waals surface area contributed by atoms with Crippen molar-refractivity contribution in [1.82, 2.24) is 15.4 Å². The molecular formula is C5H8N4O2. The summed E-state index contributed by atoms with van der Waals surface area (Å²) in [7, 11) is 0. The maximum absolute atomic E-state index is 10.3. The van der Waals surface area contributed by atoms with Crippen molar-refractivity contribution < 1.29 is 9.90 Å². The first kappa shape index (κ1) is 7.67. The first-order valence-electron chi connectivity index (χ1n) is 3.02. The minimum atomic E-state index is -1.18. The van der Waals surface area contributed by atoms with E-state index < -0.39 is 12.0 Å². The van der Waals surface area contributed by atoms with E-state index in [0.29, 0.717) is 5.69 Å². The Hall–Kier alpha value is -1.43. The van der Waals surface area contributed by atoms with Crippen LogP contribution in [0.15, 0.2) is 6.20 Å². The Labute approximate surface area is 62.4 Å². The molecule has 4 N–H and O–H groups in total. The van der Waals surface area contributed by atoms with Gasteiger partial charge in [-0.2, -0.15) is 15.4 Å². The van der Waals surface area contributed by atoms with Crippen molar-refractivity contribution >= 4 is 5.91 Å². The maximum Gasteiger partial charge on any atom is 0.246 e. The number of primary amides is 1. The molecule has 0 aliphatic heterocycles. The van der Waals surface area contributed by atoms with E-state index in [9.17, 15) is 4.79 Å². The van der Waals surface area contributed by atoms with Gasteiger partial charge < -0.3 is 10.8 Å². The number of amides is 1. The van der Waals surface area contributed by atoms with Gasteiger partial charge in [0.25, 0.3) is 0 Å². The Morgan fingerprint density at radius 3 is 3.09 bits per heavy atom. The smallest absolute Gasteiger partial charge is 0.246 e. The Morgan fingerprint density at radius 1 is 1.91 bits per heavy atom. The van der Waals surface area contributed by atoms with Gasteiger partial charge in [0.2, 0.25) is 5.91 Å². The Balaban J connectivity index is 2.50. The van der Waals surface area contributed by atoms with Crippen molar-refractivity contribution in [2.24, 2.45) is 5.73 Å². The lowest BCUT2D eigenvalue weighted by molar-refractivity contribution is -0.125. The summed E-state index contributed by atoms with van der Waals surface area (Å²) in [6.45, 7) is 0. The lowest BCUT2D eigenvalue weighted by atomic mass is 10.2. The van der Waals surface area contributed by atoms with Crippen LogP contribution in [0.3, 0.4) is 0 Å². The standard InChI is InChI=1S/C5H8N4O2/c6-5(11)4(10)1-3-2-7-9-8-3/h2,4,10H,1H2,(H2,6,11)(H,7,8,9). The number of aromatic amines is 1. The van der Waals surface area contributed by atoms with Crippen molar-refractivity contribution in [2.75, 3.05) is 0 Å². The van der Waals surface area contributed by atoms with Crippen LogP contribution in [-0.2, 0) is 11.2 Å². The summed E-state index contributed by atoms with van der Waals surface area (Å²) in [5.41, 5.74) is 5.32. The molecular weight excluding hydrogens is 148 g/mol. The van der Waals surface area contributed by atoms with Crippen LogP contribution >= 0.6 is 0 Å². The molecule has 1 atom stereocenters. The van der Waals surface area contributed by atoms with Crippen molar-refractivity contribution in [2.45, 2.75) is 12.5 Å². The van der Waals surface area contributed by atoms with Crippen LogP contribution < -0.4 is 5.73 Å².